The van der Waals surface area contributed by atoms with Crippen molar-refractivity contribution in [2.45, 2.75) is 6.54 Å². The molecule has 0 unspecified atom stereocenters. The molecule has 0 fully saturated rings. The van der Waals surface area contributed by atoms with E-state index in [0.717, 1.165) is 0 Å². The maximum absolute atomic E-state index is 11.8. The molecule has 0 bridgehead atoms. The van der Waals surface area contributed by atoms with E-state index in [9.17, 15) is 9.59 Å². The summed E-state index contributed by atoms with van der Waals surface area (Å²) in [6.45, 7) is 0.191. The molecule has 0 aromatic carbocycles. The van der Waals surface area contributed by atoms with Gasteiger partial charge in [-0.2, -0.15) is 0 Å². The standard InChI is InChI=1S/C10H10N4O3/c1-13-6-11-12-8(13)5-14-4-2-3-7(9(14)15)10(16)17/h2-4,6H,5H2,1H3,(H,16,17). The van der Waals surface area contributed by atoms with E-state index in [0.29, 0.717) is 5.82 Å². The number of carbonyl (C=O) groups is 1. The molecule has 0 aliphatic carbocycles. The predicted molar refractivity (Wildman–Crippen MR) is 57.8 cm³/mol. The van der Waals surface area contributed by atoms with Crippen LogP contribution in [0.2, 0.25) is 0 Å². The second-order valence-corrected chi connectivity index (χ2v) is 3.52. The third kappa shape index (κ3) is 2.07. The smallest absolute Gasteiger partial charge is 0.341 e. The van der Waals surface area contributed by atoms with Gasteiger partial charge in [0.15, 0.2) is 5.82 Å². The Bertz CT molecular complexity index is 614. The van der Waals surface area contributed by atoms with Crippen LogP contribution in [-0.4, -0.2) is 30.4 Å². The number of nitrogens with zero attached hydrogens (tertiary/aromatic N) is 4. The lowest BCUT2D eigenvalue weighted by molar-refractivity contribution is 0.0694. The molecule has 0 saturated heterocycles. The van der Waals surface area contributed by atoms with Gasteiger partial charge < -0.3 is 14.2 Å². The topological polar surface area (TPSA) is 90.0 Å². The maximum atomic E-state index is 11.8. The molecule has 2 aromatic heterocycles. The van der Waals surface area contributed by atoms with Gasteiger partial charge in [-0.25, -0.2) is 4.79 Å². The number of aryl methyl sites for hydroxylation is 1. The molecule has 88 valence electrons. The molecule has 0 aliphatic heterocycles. The Balaban J connectivity index is 2.41. The number of aromatic carboxylic acids is 1. The van der Waals surface area contributed by atoms with Crippen molar-refractivity contribution in [2.75, 3.05) is 0 Å². The quantitative estimate of drug-likeness (QED) is 0.789. The number of carboxylic acid groups (broad SMARTS) is 1. The summed E-state index contributed by atoms with van der Waals surface area (Å²) >= 11 is 0. The van der Waals surface area contributed by atoms with Crippen molar-refractivity contribution in [3.63, 3.8) is 0 Å². The SMILES string of the molecule is Cn1cnnc1Cn1cccc(C(=O)O)c1=O. The first-order chi connectivity index (χ1) is 8.09. The number of pyridine rings is 1. The van der Waals surface area contributed by atoms with Gasteiger partial charge in [-0.05, 0) is 12.1 Å². The van der Waals surface area contributed by atoms with E-state index in [4.69, 9.17) is 5.11 Å². The summed E-state index contributed by atoms with van der Waals surface area (Å²) in [7, 11) is 1.75. The predicted octanol–water partition coefficient (Wildman–Crippen LogP) is -0.277. The van der Waals surface area contributed by atoms with Gasteiger partial charge in [0.25, 0.3) is 5.56 Å². The molecule has 0 atom stereocenters. The zero-order chi connectivity index (χ0) is 12.4. The van der Waals surface area contributed by atoms with E-state index in [-0.39, 0.29) is 12.1 Å². The third-order valence-electron chi connectivity index (χ3n) is 2.37. The van der Waals surface area contributed by atoms with Gasteiger partial charge in [-0.15, -0.1) is 10.2 Å². The minimum atomic E-state index is -1.23. The summed E-state index contributed by atoms with van der Waals surface area (Å²) in [4.78, 5) is 22.6. The van der Waals surface area contributed by atoms with Crippen molar-refractivity contribution in [3.8, 4) is 0 Å². The van der Waals surface area contributed by atoms with E-state index in [1.165, 1.54) is 29.2 Å². The van der Waals surface area contributed by atoms with Crippen LogP contribution >= 0.6 is 0 Å². The van der Waals surface area contributed by atoms with Crippen LogP contribution in [0, 0.1) is 0 Å². The van der Waals surface area contributed by atoms with Crippen LogP contribution in [0.3, 0.4) is 0 Å². The van der Waals surface area contributed by atoms with Crippen LogP contribution in [0.5, 0.6) is 0 Å². The lowest BCUT2D eigenvalue weighted by Gasteiger charge is -2.05. The molecule has 0 spiro atoms. The highest BCUT2D eigenvalue weighted by molar-refractivity contribution is 5.86. The number of hydrogen-bond donors (Lipinski definition) is 1. The van der Waals surface area contributed by atoms with Crippen LogP contribution in [0.25, 0.3) is 0 Å². The fraction of sp³-hybridized carbons (Fsp3) is 0.200. The van der Waals surface area contributed by atoms with Gasteiger partial charge in [-0.1, -0.05) is 0 Å². The van der Waals surface area contributed by atoms with Gasteiger partial charge in [0.2, 0.25) is 0 Å². The molecule has 0 radical (unpaired) electrons. The summed E-state index contributed by atoms with van der Waals surface area (Å²) in [6.07, 6.45) is 3.03. The zero-order valence-electron chi connectivity index (χ0n) is 9.07. The second-order valence-electron chi connectivity index (χ2n) is 3.52. The fourth-order valence-electron chi connectivity index (χ4n) is 1.43. The Hall–Kier alpha value is -2.44. The second kappa shape index (κ2) is 4.20. The van der Waals surface area contributed by atoms with E-state index in [1.807, 2.05) is 0 Å². The van der Waals surface area contributed by atoms with E-state index >= 15 is 0 Å². The Kier molecular flexibility index (Phi) is 2.73. The highest BCUT2D eigenvalue weighted by Crippen LogP contribution is 1.97. The third-order valence-corrected chi connectivity index (χ3v) is 2.37. The number of aromatic nitrogens is 4. The lowest BCUT2D eigenvalue weighted by atomic mass is 10.3. The molecule has 0 aliphatic rings. The molecule has 2 rings (SSSR count). The van der Waals surface area contributed by atoms with Gasteiger partial charge >= 0.3 is 5.97 Å². The Morgan fingerprint density at radius 2 is 2.29 bits per heavy atom. The maximum Gasteiger partial charge on any atom is 0.341 e. The van der Waals surface area contributed by atoms with Crippen LogP contribution in [0.15, 0.2) is 29.5 Å². The molecular weight excluding hydrogens is 224 g/mol. The van der Waals surface area contributed by atoms with Gasteiger partial charge in [0, 0.05) is 13.2 Å². The Morgan fingerprint density at radius 1 is 1.53 bits per heavy atom. The molecule has 2 heterocycles. The Labute approximate surface area is 96.0 Å². The molecule has 7 nitrogen and oxygen atoms in total. The first-order valence-corrected chi connectivity index (χ1v) is 4.85. The van der Waals surface area contributed by atoms with Crippen molar-refractivity contribution in [1.82, 2.24) is 19.3 Å². The van der Waals surface area contributed by atoms with Crippen molar-refractivity contribution in [1.29, 1.82) is 0 Å². The average molecular weight is 234 g/mol. The van der Waals surface area contributed by atoms with Crippen LogP contribution in [-0.2, 0) is 13.6 Å². The van der Waals surface area contributed by atoms with Crippen molar-refractivity contribution in [2.24, 2.45) is 7.05 Å². The molecule has 2 aromatic rings. The molecule has 17 heavy (non-hydrogen) atoms. The normalized spacial score (nSPS) is 10.4. The number of hydrogen-bond acceptors (Lipinski definition) is 4. The highest BCUT2D eigenvalue weighted by atomic mass is 16.4. The number of rotatable bonds is 3. The summed E-state index contributed by atoms with van der Waals surface area (Å²) in [5.74, 6) is -0.656. The van der Waals surface area contributed by atoms with Crippen molar-refractivity contribution in [3.05, 3.63) is 46.4 Å². The minimum Gasteiger partial charge on any atom is -0.477 e. The summed E-state index contributed by atoms with van der Waals surface area (Å²) < 4.78 is 2.95. The van der Waals surface area contributed by atoms with Crippen molar-refractivity contribution >= 4 is 5.97 Å². The van der Waals surface area contributed by atoms with Crippen LogP contribution in [0.1, 0.15) is 16.2 Å². The van der Waals surface area contributed by atoms with E-state index in [1.54, 1.807) is 11.6 Å². The zero-order valence-corrected chi connectivity index (χ0v) is 9.07. The summed E-state index contributed by atoms with van der Waals surface area (Å²) in [5.41, 5.74) is -0.808. The van der Waals surface area contributed by atoms with Crippen LogP contribution in [0.4, 0.5) is 0 Å². The molecule has 0 amide bonds. The summed E-state index contributed by atoms with van der Waals surface area (Å²) in [6, 6.07) is 2.79. The first-order valence-electron chi connectivity index (χ1n) is 4.85. The summed E-state index contributed by atoms with van der Waals surface area (Å²) in [5, 5.41) is 16.3. The van der Waals surface area contributed by atoms with Gasteiger partial charge in [0.1, 0.15) is 11.9 Å². The monoisotopic (exact) mass is 234 g/mol. The highest BCUT2D eigenvalue weighted by Gasteiger charge is 2.11. The number of carboxylic acids is 1. The van der Waals surface area contributed by atoms with E-state index in [2.05, 4.69) is 10.2 Å². The Morgan fingerprint density at radius 3 is 2.88 bits per heavy atom. The van der Waals surface area contributed by atoms with Crippen molar-refractivity contribution < 1.29 is 9.90 Å². The fourth-order valence-corrected chi connectivity index (χ4v) is 1.43. The molecule has 1 N–H and O–H groups in total. The first kappa shape index (κ1) is 11.1. The van der Waals surface area contributed by atoms with Gasteiger partial charge in [0.05, 0.1) is 6.54 Å². The van der Waals surface area contributed by atoms with Gasteiger partial charge in [-0.3, -0.25) is 4.79 Å². The molecule has 0 saturated carbocycles. The van der Waals surface area contributed by atoms with E-state index < -0.39 is 11.5 Å². The minimum absolute atomic E-state index is 0.191. The average Bonchev–Trinajstić information content (AvgIpc) is 2.67. The molecular formula is C10H10N4O3. The van der Waals surface area contributed by atoms with Crippen LogP contribution < -0.4 is 5.56 Å². The lowest BCUT2D eigenvalue weighted by Crippen LogP contribution is -2.26. The molecule has 7 heteroatoms. The largest absolute Gasteiger partial charge is 0.477 e.